The fourth-order valence-electron chi connectivity index (χ4n) is 2.30. The van der Waals surface area contributed by atoms with Crippen LogP contribution in [0.15, 0.2) is 0 Å². The summed E-state index contributed by atoms with van der Waals surface area (Å²) in [4.78, 5) is 6.22. The van der Waals surface area contributed by atoms with Crippen molar-refractivity contribution in [3.8, 4) is 0 Å². The molecule has 16 heavy (non-hydrogen) atoms. The number of rotatable bonds is 1. The molecule has 1 atom stereocenters. The summed E-state index contributed by atoms with van der Waals surface area (Å²) in [5.74, 6) is 0.776. The van der Waals surface area contributed by atoms with Crippen LogP contribution in [-0.2, 0) is 6.42 Å². The van der Waals surface area contributed by atoms with Gasteiger partial charge in [0.25, 0.3) is 0 Å². The highest BCUT2D eigenvalue weighted by Crippen LogP contribution is 2.41. The van der Waals surface area contributed by atoms with Gasteiger partial charge in [-0.2, -0.15) is 0 Å². The molecule has 0 radical (unpaired) electrons. The number of hydrogen-bond acceptors (Lipinski definition) is 3. The van der Waals surface area contributed by atoms with Crippen LogP contribution >= 0.6 is 36.2 Å². The van der Waals surface area contributed by atoms with Gasteiger partial charge in [-0.25, -0.2) is 4.98 Å². The predicted molar refractivity (Wildman–Crippen MR) is 73.1 cm³/mol. The third kappa shape index (κ3) is 2.37. The van der Waals surface area contributed by atoms with Crippen molar-refractivity contribution >= 4 is 36.2 Å². The van der Waals surface area contributed by atoms with E-state index in [2.05, 4.69) is 0 Å². The quantitative estimate of drug-likeness (QED) is 0.854. The minimum Gasteiger partial charge on any atom is -0.323 e. The van der Waals surface area contributed by atoms with Crippen molar-refractivity contribution in [3.05, 3.63) is 15.6 Å². The maximum Gasteiger partial charge on any atom is 0.0962 e. The van der Waals surface area contributed by atoms with Gasteiger partial charge in [-0.1, -0.05) is 6.42 Å². The van der Waals surface area contributed by atoms with Crippen LogP contribution in [0.5, 0.6) is 0 Å². The van der Waals surface area contributed by atoms with Crippen LogP contribution < -0.4 is 5.73 Å². The summed E-state index contributed by atoms with van der Waals surface area (Å²) in [6.45, 7) is 0. The SMILES string of the molecule is Cl.Cl.NC1CCCc2sc(C3CCC3)nc21. The molecule has 2 aliphatic carbocycles. The van der Waals surface area contributed by atoms with Crippen LogP contribution in [0.3, 0.4) is 0 Å². The van der Waals surface area contributed by atoms with Crippen LogP contribution in [0.2, 0.25) is 0 Å². The van der Waals surface area contributed by atoms with Crippen molar-refractivity contribution < 1.29 is 0 Å². The Morgan fingerprint density at radius 2 is 1.88 bits per heavy atom. The molecule has 0 amide bonds. The normalized spacial score (nSPS) is 23.7. The molecule has 0 bridgehead atoms. The van der Waals surface area contributed by atoms with Crippen molar-refractivity contribution in [1.82, 2.24) is 4.98 Å². The van der Waals surface area contributed by atoms with Gasteiger partial charge >= 0.3 is 0 Å². The van der Waals surface area contributed by atoms with Crippen LogP contribution in [0.25, 0.3) is 0 Å². The summed E-state index contributed by atoms with van der Waals surface area (Å²) in [6.07, 6.45) is 7.68. The molecule has 0 aromatic carbocycles. The van der Waals surface area contributed by atoms with Gasteiger partial charge in [-0.3, -0.25) is 0 Å². The molecule has 2 nitrogen and oxygen atoms in total. The predicted octanol–water partition coefficient (Wildman–Crippen LogP) is 3.59. The minimum atomic E-state index is 0. The zero-order valence-corrected chi connectivity index (χ0v) is 11.6. The summed E-state index contributed by atoms with van der Waals surface area (Å²) < 4.78 is 0. The topological polar surface area (TPSA) is 38.9 Å². The molecule has 1 heterocycles. The van der Waals surface area contributed by atoms with Crippen molar-refractivity contribution in [1.29, 1.82) is 0 Å². The minimum absolute atomic E-state index is 0. The van der Waals surface area contributed by atoms with Gasteiger partial charge in [0.2, 0.25) is 0 Å². The Balaban J connectivity index is 0.000000640. The molecule has 1 unspecified atom stereocenters. The van der Waals surface area contributed by atoms with Gasteiger partial charge in [0.1, 0.15) is 0 Å². The van der Waals surface area contributed by atoms with Crippen molar-refractivity contribution in [2.75, 3.05) is 0 Å². The van der Waals surface area contributed by atoms with Crippen LogP contribution in [-0.4, -0.2) is 4.98 Å². The van der Waals surface area contributed by atoms with E-state index in [0.717, 1.165) is 12.3 Å². The molecule has 2 aliphatic rings. The van der Waals surface area contributed by atoms with E-state index in [0.29, 0.717) is 0 Å². The molecule has 3 rings (SSSR count). The van der Waals surface area contributed by atoms with E-state index in [4.69, 9.17) is 10.7 Å². The summed E-state index contributed by atoms with van der Waals surface area (Å²) in [5.41, 5.74) is 7.29. The number of aryl methyl sites for hydroxylation is 1. The zero-order chi connectivity index (χ0) is 9.54. The van der Waals surface area contributed by atoms with E-state index >= 15 is 0 Å². The van der Waals surface area contributed by atoms with E-state index in [9.17, 15) is 0 Å². The van der Waals surface area contributed by atoms with E-state index in [1.165, 1.54) is 47.7 Å². The van der Waals surface area contributed by atoms with Crippen molar-refractivity contribution in [2.45, 2.75) is 50.5 Å². The van der Waals surface area contributed by atoms with E-state index < -0.39 is 0 Å². The fourth-order valence-corrected chi connectivity index (χ4v) is 3.65. The summed E-state index contributed by atoms with van der Waals surface area (Å²) in [5, 5.41) is 1.37. The number of aromatic nitrogens is 1. The van der Waals surface area contributed by atoms with Crippen molar-refractivity contribution in [2.24, 2.45) is 5.73 Å². The molecule has 1 fully saturated rings. The van der Waals surface area contributed by atoms with Gasteiger partial charge in [0.05, 0.1) is 10.7 Å². The van der Waals surface area contributed by atoms with Crippen LogP contribution in [0.1, 0.15) is 59.6 Å². The second-order valence-electron chi connectivity index (χ2n) is 4.49. The Kier molecular flexibility index (Phi) is 5.05. The number of nitrogens with zero attached hydrogens (tertiary/aromatic N) is 1. The number of fused-ring (bicyclic) bond motifs is 1. The Morgan fingerprint density at radius 1 is 1.12 bits per heavy atom. The number of thiazole rings is 1. The van der Waals surface area contributed by atoms with E-state index in [-0.39, 0.29) is 30.9 Å². The third-order valence-corrected chi connectivity index (χ3v) is 4.76. The summed E-state index contributed by atoms with van der Waals surface area (Å²) >= 11 is 1.93. The molecule has 0 aliphatic heterocycles. The molecule has 1 aromatic heterocycles. The van der Waals surface area contributed by atoms with Gasteiger partial charge in [-0.15, -0.1) is 36.2 Å². The largest absolute Gasteiger partial charge is 0.323 e. The first kappa shape index (κ1) is 14.2. The second kappa shape index (κ2) is 5.67. The molecule has 1 saturated carbocycles. The molecular weight excluding hydrogens is 263 g/mol. The van der Waals surface area contributed by atoms with Gasteiger partial charge < -0.3 is 5.73 Å². The Labute approximate surface area is 113 Å². The number of nitrogens with two attached hydrogens (primary N) is 1. The van der Waals surface area contributed by atoms with E-state index in [1.54, 1.807) is 0 Å². The lowest BCUT2D eigenvalue weighted by atomic mass is 9.86. The molecule has 0 saturated heterocycles. The lowest BCUT2D eigenvalue weighted by molar-refractivity contribution is 0.416. The standard InChI is InChI=1S/C11H16N2S.2ClH/c12-8-5-2-6-9-10(8)13-11(14-9)7-3-1-4-7;;/h7-8H,1-6,12H2;2*1H. The fraction of sp³-hybridized carbons (Fsp3) is 0.727. The second-order valence-corrected chi connectivity index (χ2v) is 5.60. The highest BCUT2D eigenvalue weighted by molar-refractivity contribution is 7.11. The molecular formula is C11H18Cl2N2S. The smallest absolute Gasteiger partial charge is 0.0962 e. The monoisotopic (exact) mass is 280 g/mol. The first-order valence-electron chi connectivity index (χ1n) is 5.59. The first-order chi connectivity index (χ1) is 6.84. The van der Waals surface area contributed by atoms with Gasteiger partial charge in [0.15, 0.2) is 0 Å². The van der Waals surface area contributed by atoms with E-state index in [1.807, 2.05) is 11.3 Å². The maximum atomic E-state index is 6.06. The Bertz CT molecular complexity index is 350. The van der Waals surface area contributed by atoms with Gasteiger partial charge in [-0.05, 0) is 32.1 Å². The molecule has 2 N–H and O–H groups in total. The number of halogens is 2. The molecule has 5 heteroatoms. The Morgan fingerprint density at radius 3 is 2.44 bits per heavy atom. The highest BCUT2D eigenvalue weighted by atomic mass is 35.5. The molecule has 92 valence electrons. The third-order valence-electron chi connectivity index (χ3n) is 3.47. The maximum absolute atomic E-state index is 6.06. The summed E-state index contributed by atoms with van der Waals surface area (Å²) in [6, 6.07) is 0.226. The molecule has 1 aromatic rings. The lowest BCUT2D eigenvalue weighted by Crippen LogP contribution is -2.17. The molecule has 0 spiro atoms. The van der Waals surface area contributed by atoms with Crippen LogP contribution in [0, 0.1) is 0 Å². The lowest BCUT2D eigenvalue weighted by Gasteiger charge is -2.22. The zero-order valence-electron chi connectivity index (χ0n) is 9.15. The average molecular weight is 281 g/mol. The summed E-state index contributed by atoms with van der Waals surface area (Å²) in [7, 11) is 0. The van der Waals surface area contributed by atoms with Gasteiger partial charge in [0, 0.05) is 16.8 Å². The average Bonchev–Trinajstić information content (AvgIpc) is 2.46. The first-order valence-corrected chi connectivity index (χ1v) is 6.41. The van der Waals surface area contributed by atoms with Crippen molar-refractivity contribution in [3.63, 3.8) is 0 Å². The highest BCUT2D eigenvalue weighted by Gasteiger charge is 2.27. The van der Waals surface area contributed by atoms with Crippen LogP contribution in [0.4, 0.5) is 0 Å². The Hall–Kier alpha value is 0.170. The number of hydrogen-bond donors (Lipinski definition) is 1.